The lowest BCUT2D eigenvalue weighted by Crippen LogP contribution is -2.52. The van der Waals surface area contributed by atoms with Crippen LogP contribution in [0.5, 0.6) is 0 Å². The number of nitrogens with zero attached hydrogens (tertiary/aromatic N) is 2. The summed E-state index contributed by atoms with van der Waals surface area (Å²) in [7, 11) is -3.07. The summed E-state index contributed by atoms with van der Waals surface area (Å²) in [5.41, 5.74) is 0. The molecule has 110 valence electrons. The lowest BCUT2D eigenvalue weighted by atomic mass is 10.1. The van der Waals surface area contributed by atoms with Gasteiger partial charge < -0.3 is 5.32 Å². The van der Waals surface area contributed by atoms with Crippen molar-refractivity contribution in [2.45, 2.75) is 44.2 Å². The van der Waals surface area contributed by atoms with Crippen LogP contribution in [0.15, 0.2) is 0 Å². The highest BCUT2D eigenvalue weighted by Gasteiger charge is 2.35. The van der Waals surface area contributed by atoms with Gasteiger partial charge in [-0.15, -0.1) is 0 Å². The highest BCUT2D eigenvalue weighted by Crippen LogP contribution is 2.28. The molecule has 6 heteroatoms. The normalized spacial score (nSPS) is 31.5. The average Bonchev–Trinajstić information content (AvgIpc) is 3.24. The van der Waals surface area contributed by atoms with E-state index in [1.807, 2.05) is 0 Å². The van der Waals surface area contributed by atoms with Crippen LogP contribution in [0, 0.1) is 0 Å². The Balaban J connectivity index is 1.52. The fourth-order valence-electron chi connectivity index (χ4n) is 3.21. The summed E-state index contributed by atoms with van der Waals surface area (Å²) in [6, 6.07) is 0.921. The van der Waals surface area contributed by atoms with Gasteiger partial charge in [0.1, 0.15) is 0 Å². The maximum absolute atomic E-state index is 12.4. The molecule has 2 heterocycles. The summed E-state index contributed by atoms with van der Waals surface area (Å²) < 4.78 is 26.5. The van der Waals surface area contributed by atoms with E-state index < -0.39 is 10.0 Å². The van der Waals surface area contributed by atoms with E-state index in [4.69, 9.17) is 0 Å². The molecule has 0 bridgehead atoms. The minimum absolute atomic E-state index is 0.167. The first-order valence-electron chi connectivity index (χ1n) is 7.60. The number of hydrogen-bond donors (Lipinski definition) is 1. The van der Waals surface area contributed by atoms with Crippen molar-refractivity contribution in [1.29, 1.82) is 0 Å². The van der Waals surface area contributed by atoms with Crippen molar-refractivity contribution in [1.82, 2.24) is 14.5 Å². The van der Waals surface area contributed by atoms with Crippen molar-refractivity contribution in [2.75, 3.05) is 38.5 Å². The maximum Gasteiger partial charge on any atom is 0.215 e. The minimum atomic E-state index is -3.07. The van der Waals surface area contributed by atoms with E-state index in [0.717, 1.165) is 38.5 Å². The third kappa shape index (κ3) is 3.48. The molecule has 1 saturated carbocycles. The van der Waals surface area contributed by atoms with E-state index in [1.165, 1.54) is 19.3 Å². The molecule has 0 aromatic rings. The lowest BCUT2D eigenvalue weighted by molar-refractivity contribution is 0.180. The van der Waals surface area contributed by atoms with Crippen LogP contribution in [0.3, 0.4) is 0 Å². The second kappa shape index (κ2) is 5.68. The molecule has 19 heavy (non-hydrogen) atoms. The van der Waals surface area contributed by atoms with Gasteiger partial charge in [0.2, 0.25) is 10.0 Å². The zero-order chi connectivity index (χ0) is 13.3. The third-order valence-corrected chi connectivity index (χ3v) is 6.53. The fourth-order valence-corrected chi connectivity index (χ4v) is 4.94. The molecule has 1 unspecified atom stereocenters. The van der Waals surface area contributed by atoms with Crippen LogP contribution in [-0.4, -0.2) is 68.2 Å². The fraction of sp³-hybridized carbons (Fsp3) is 1.00. The van der Waals surface area contributed by atoms with Gasteiger partial charge in [-0.2, -0.15) is 4.31 Å². The number of sulfonamides is 1. The smallest absolute Gasteiger partial charge is 0.215 e. The molecule has 5 nitrogen and oxygen atoms in total. The zero-order valence-corrected chi connectivity index (χ0v) is 12.4. The SMILES string of the molecule is O=S(=O)(CC1CCCCN1)N1CCN(C2CC2)CC1. The van der Waals surface area contributed by atoms with Gasteiger partial charge in [0, 0.05) is 38.3 Å². The number of hydrogen-bond acceptors (Lipinski definition) is 4. The van der Waals surface area contributed by atoms with Crippen molar-refractivity contribution in [3.8, 4) is 0 Å². The van der Waals surface area contributed by atoms with E-state index in [2.05, 4.69) is 10.2 Å². The van der Waals surface area contributed by atoms with Crippen LogP contribution in [0.1, 0.15) is 32.1 Å². The lowest BCUT2D eigenvalue weighted by Gasteiger charge is -2.35. The Morgan fingerprint density at radius 1 is 1.00 bits per heavy atom. The van der Waals surface area contributed by atoms with E-state index >= 15 is 0 Å². The van der Waals surface area contributed by atoms with Gasteiger partial charge in [0.15, 0.2) is 0 Å². The number of piperazine rings is 1. The molecular weight excluding hydrogens is 262 g/mol. The molecule has 3 aliphatic rings. The Kier molecular flexibility index (Phi) is 4.12. The number of piperidine rings is 1. The molecule has 1 N–H and O–H groups in total. The van der Waals surface area contributed by atoms with E-state index in [9.17, 15) is 8.42 Å². The molecule has 0 spiro atoms. The van der Waals surface area contributed by atoms with Gasteiger partial charge in [-0.1, -0.05) is 6.42 Å². The van der Waals surface area contributed by atoms with Crippen LogP contribution in [-0.2, 0) is 10.0 Å². The molecule has 2 aliphatic heterocycles. The second-order valence-electron chi connectivity index (χ2n) is 6.09. The Morgan fingerprint density at radius 3 is 2.32 bits per heavy atom. The summed E-state index contributed by atoms with van der Waals surface area (Å²) in [4.78, 5) is 2.45. The van der Waals surface area contributed by atoms with Gasteiger partial charge in [-0.05, 0) is 32.2 Å². The highest BCUT2D eigenvalue weighted by atomic mass is 32.2. The molecule has 3 rings (SSSR count). The second-order valence-corrected chi connectivity index (χ2v) is 8.11. The van der Waals surface area contributed by atoms with Crippen molar-refractivity contribution in [2.24, 2.45) is 0 Å². The van der Waals surface area contributed by atoms with Gasteiger partial charge in [-0.3, -0.25) is 4.90 Å². The zero-order valence-electron chi connectivity index (χ0n) is 11.6. The third-order valence-electron chi connectivity index (χ3n) is 4.55. The Labute approximate surface area is 116 Å². The first kappa shape index (κ1) is 13.8. The molecular formula is C13H25N3O2S. The van der Waals surface area contributed by atoms with Crippen molar-refractivity contribution in [3.05, 3.63) is 0 Å². The van der Waals surface area contributed by atoms with Crippen LogP contribution >= 0.6 is 0 Å². The van der Waals surface area contributed by atoms with Crippen molar-refractivity contribution in [3.63, 3.8) is 0 Å². The molecule has 0 radical (unpaired) electrons. The Bertz CT molecular complexity index is 394. The minimum Gasteiger partial charge on any atom is -0.313 e. The number of nitrogens with one attached hydrogen (secondary N) is 1. The van der Waals surface area contributed by atoms with Crippen LogP contribution < -0.4 is 5.32 Å². The Morgan fingerprint density at radius 2 is 1.74 bits per heavy atom. The van der Waals surface area contributed by atoms with Gasteiger partial charge in [0.05, 0.1) is 5.75 Å². The van der Waals surface area contributed by atoms with E-state index in [1.54, 1.807) is 4.31 Å². The van der Waals surface area contributed by atoms with Gasteiger partial charge >= 0.3 is 0 Å². The largest absolute Gasteiger partial charge is 0.313 e. The summed E-state index contributed by atoms with van der Waals surface area (Å²) in [5.74, 6) is 0.288. The standard InChI is InChI=1S/C13H25N3O2S/c17-19(18,11-12-3-1-2-6-14-12)16-9-7-15(8-10-16)13-4-5-13/h12-14H,1-11H2. The summed E-state index contributed by atoms with van der Waals surface area (Å²) in [6.07, 6.45) is 5.94. The van der Waals surface area contributed by atoms with Gasteiger partial charge in [0.25, 0.3) is 0 Å². The summed E-state index contributed by atoms with van der Waals surface area (Å²) >= 11 is 0. The van der Waals surface area contributed by atoms with E-state index in [0.29, 0.717) is 13.1 Å². The van der Waals surface area contributed by atoms with Crippen LogP contribution in [0.4, 0.5) is 0 Å². The van der Waals surface area contributed by atoms with Crippen LogP contribution in [0.2, 0.25) is 0 Å². The molecule has 2 saturated heterocycles. The molecule has 1 aliphatic carbocycles. The molecule has 1 atom stereocenters. The van der Waals surface area contributed by atoms with E-state index in [-0.39, 0.29) is 11.8 Å². The topological polar surface area (TPSA) is 52.7 Å². The van der Waals surface area contributed by atoms with Crippen LogP contribution in [0.25, 0.3) is 0 Å². The maximum atomic E-state index is 12.4. The first-order chi connectivity index (χ1) is 9.15. The highest BCUT2D eigenvalue weighted by molar-refractivity contribution is 7.89. The average molecular weight is 287 g/mol. The van der Waals surface area contributed by atoms with Crippen molar-refractivity contribution < 1.29 is 8.42 Å². The molecule has 3 fully saturated rings. The number of rotatable bonds is 4. The molecule has 0 aromatic heterocycles. The van der Waals surface area contributed by atoms with Crippen molar-refractivity contribution >= 4 is 10.0 Å². The summed E-state index contributed by atoms with van der Waals surface area (Å²) in [6.45, 7) is 4.18. The van der Waals surface area contributed by atoms with Gasteiger partial charge in [-0.25, -0.2) is 8.42 Å². The first-order valence-corrected chi connectivity index (χ1v) is 9.21. The monoisotopic (exact) mass is 287 g/mol. The molecule has 0 aromatic carbocycles. The quantitative estimate of drug-likeness (QED) is 0.805. The Hall–Kier alpha value is -0.170. The predicted octanol–water partition coefficient (Wildman–Crippen LogP) is 0.238. The molecule has 0 amide bonds. The predicted molar refractivity (Wildman–Crippen MR) is 75.6 cm³/mol. The summed E-state index contributed by atoms with van der Waals surface area (Å²) in [5, 5.41) is 3.34.